The molecule has 0 aliphatic heterocycles. The lowest BCUT2D eigenvalue weighted by molar-refractivity contribution is 0.299. The van der Waals surface area contributed by atoms with Crippen LogP contribution in [0.15, 0.2) is 48.5 Å². The van der Waals surface area contributed by atoms with Crippen molar-refractivity contribution >= 4 is 5.69 Å². The summed E-state index contributed by atoms with van der Waals surface area (Å²) in [5.74, 6) is 0.284. The molecule has 0 fully saturated rings. The average molecular weight is 243 g/mol. The van der Waals surface area contributed by atoms with Crippen LogP contribution in [0.3, 0.4) is 0 Å². The summed E-state index contributed by atoms with van der Waals surface area (Å²) in [6.07, 6.45) is 0.693. The van der Waals surface area contributed by atoms with Crippen LogP contribution in [-0.2, 0) is 13.0 Å². The van der Waals surface area contributed by atoms with Gasteiger partial charge in [-0.05, 0) is 41.8 Å². The Balaban J connectivity index is 1.91. The van der Waals surface area contributed by atoms with Crippen molar-refractivity contribution in [1.29, 1.82) is 0 Å². The van der Waals surface area contributed by atoms with Gasteiger partial charge in [0.25, 0.3) is 0 Å². The van der Waals surface area contributed by atoms with Crippen molar-refractivity contribution in [1.82, 2.24) is 0 Å². The number of aromatic hydroxyl groups is 1. The van der Waals surface area contributed by atoms with Crippen LogP contribution in [0.2, 0.25) is 0 Å². The van der Waals surface area contributed by atoms with Crippen molar-refractivity contribution in [2.45, 2.75) is 13.0 Å². The van der Waals surface area contributed by atoms with Gasteiger partial charge in [0.15, 0.2) is 0 Å². The third kappa shape index (κ3) is 3.50. The lowest BCUT2D eigenvalue weighted by Gasteiger charge is -2.07. The topological polar surface area (TPSA) is 52.5 Å². The van der Waals surface area contributed by atoms with Gasteiger partial charge in [0.1, 0.15) is 5.75 Å². The summed E-state index contributed by atoms with van der Waals surface area (Å²) in [6.45, 7) is 0.903. The second-order valence-corrected chi connectivity index (χ2v) is 4.19. The van der Waals surface area contributed by atoms with Crippen LogP contribution in [0.4, 0.5) is 5.69 Å². The summed E-state index contributed by atoms with van der Waals surface area (Å²) < 4.78 is 0. The summed E-state index contributed by atoms with van der Waals surface area (Å²) in [7, 11) is 0. The molecule has 94 valence electrons. The molecule has 3 N–H and O–H groups in total. The molecule has 0 aliphatic rings. The van der Waals surface area contributed by atoms with E-state index in [-0.39, 0.29) is 12.4 Å². The Hall–Kier alpha value is -2.00. The number of anilines is 1. The summed E-state index contributed by atoms with van der Waals surface area (Å²) in [4.78, 5) is 0. The van der Waals surface area contributed by atoms with Gasteiger partial charge >= 0.3 is 0 Å². The van der Waals surface area contributed by atoms with E-state index < -0.39 is 0 Å². The molecule has 0 spiro atoms. The maximum absolute atomic E-state index is 9.18. The fourth-order valence-electron chi connectivity index (χ4n) is 1.74. The van der Waals surface area contributed by atoms with Gasteiger partial charge in [-0.25, -0.2) is 0 Å². The lowest BCUT2D eigenvalue weighted by Crippen LogP contribution is -1.99. The minimum Gasteiger partial charge on any atom is -0.508 e. The summed E-state index contributed by atoms with van der Waals surface area (Å²) in [5.41, 5.74) is 3.30. The van der Waals surface area contributed by atoms with Crippen molar-refractivity contribution in [2.75, 3.05) is 11.9 Å². The first-order chi connectivity index (χ1) is 8.78. The van der Waals surface area contributed by atoms with E-state index in [0.717, 1.165) is 23.4 Å². The van der Waals surface area contributed by atoms with E-state index in [1.54, 1.807) is 12.1 Å². The smallest absolute Gasteiger partial charge is 0.115 e. The van der Waals surface area contributed by atoms with Crippen molar-refractivity contribution in [3.63, 3.8) is 0 Å². The molecule has 0 bridgehead atoms. The first-order valence-corrected chi connectivity index (χ1v) is 5.99. The third-order valence-electron chi connectivity index (χ3n) is 2.79. The van der Waals surface area contributed by atoms with E-state index in [0.29, 0.717) is 6.42 Å². The van der Waals surface area contributed by atoms with E-state index in [1.165, 1.54) is 0 Å². The van der Waals surface area contributed by atoms with Gasteiger partial charge in [0.2, 0.25) is 0 Å². The highest BCUT2D eigenvalue weighted by Crippen LogP contribution is 2.13. The Labute approximate surface area is 107 Å². The highest BCUT2D eigenvalue weighted by Gasteiger charge is 1.96. The third-order valence-corrected chi connectivity index (χ3v) is 2.79. The Kier molecular flexibility index (Phi) is 4.20. The second-order valence-electron chi connectivity index (χ2n) is 4.19. The normalized spacial score (nSPS) is 10.3. The minimum absolute atomic E-state index is 0.181. The maximum Gasteiger partial charge on any atom is 0.115 e. The highest BCUT2D eigenvalue weighted by atomic mass is 16.3. The van der Waals surface area contributed by atoms with Gasteiger partial charge in [-0.15, -0.1) is 0 Å². The predicted octanol–water partition coefficient (Wildman–Crippen LogP) is 2.54. The molecule has 3 heteroatoms. The Morgan fingerprint density at radius 2 is 1.44 bits per heavy atom. The van der Waals surface area contributed by atoms with Gasteiger partial charge in [-0.3, -0.25) is 0 Å². The van der Waals surface area contributed by atoms with Crippen LogP contribution in [0, 0.1) is 0 Å². The number of aliphatic hydroxyl groups is 1. The summed E-state index contributed by atoms with van der Waals surface area (Å²) in [5, 5.41) is 21.3. The predicted molar refractivity (Wildman–Crippen MR) is 72.7 cm³/mol. The number of rotatable bonds is 5. The Morgan fingerprint density at radius 3 is 2.06 bits per heavy atom. The molecule has 18 heavy (non-hydrogen) atoms. The molecular weight excluding hydrogens is 226 g/mol. The molecule has 2 aromatic carbocycles. The van der Waals surface area contributed by atoms with E-state index in [2.05, 4.69) is 5.32 Å². The van der Waals surface area contributed by atoms with Crippen molar-refractivity contribution in [3.05, 3.63) is 59.7 Å². The molecule has 0 radical (unpaired) electrons. The molecule has 0 saturated carbocycles. The molecule has 0 atom stereocenters. The van der Waals surface area contributed by atoms with E-state index in [9.17, 15) is 5.11 Å². The van der Waals surface area contributed by atoms with Crippen LogP contribution in [-0.4, -0.2) is 16.8 Å². The maximum atomic E-state index is 9.18. The molecule has 0 amide bonds. The van der Waals surface area contributed by atoms with Gasteiger partial charge in [0.05, 0.1) is 0 Å². The molecule has 0 aromatic heterocycles. The molecule has 3 nitrogen and oxygen atoms in total. The number of hydrogen-bond donors (Lipinski definition) is 3. The quantitative estimate of drug-likeness (QED) is 0.756. The van der Waals surface area contributed by atoms with E-state index >= 15 is 0 Å². The summed E-state index contributed by atoms with van der Waals surface area (Å²) >= 11 is 0. The lowest BCUT2D eigenvalue weighted by atomic mass is 10.1. The minimum atomic E-state index is 0.181. The fourth-order valence-corrected chi connectivity index (χ4v) is 1.74. The van der Waals surface area contributed by atoms with Gasteiger partial charge < -0.3 is 15.5 Å². The molecule has 0 heterocycles. The molecule has 2 aromatic rings. The van der Waals surface area contributed by atoms with Crippen LogP contribution in [0.1, 0.15) is 11.1 Å². The number of aliphatic hydroxyl groups excluding tert-OH is 1. The zero-order valence-corrected chi connectivity index (χ0v) is 10.1. The zero-order chi connectivity index (χ0) is 12.8. The second kappa shape index (κ2) is 6.07. The fraction of sp³-hybridized carbons (Fsp3) is 0.200. The SMILES string of the molecule is OCCc1ccc(NCc2ccc(O)cc2)cc1. The van der Waals surface area contributed by atoms with Gasteiger partial charge in [-0.2, -0.15) is 0 Å². The first kappa shape index (κ1) is 12.5. The monoisotopic (exact) mass is 243 g/mol. The Bertz CT molecular complexity index is 477. The molecule has 0 aliphatic carbocycles. The number of benzene rings is 2. The van der Waals surface area contributed by atoms with Gasteiger partial charge in [-0.1, -0.05) is 24.3 Å². The van der Waals surface area contributed by atoms with Crippen LogP contribution in [0.5, 0.6) is 5.75 Å². The first-order valence-electron chi connectivity index (χ1n) is 5.99. The molecule has 0 unspecified atom stereocenters. The highest BCUT2D eigenvalue weighted by molar-refractivity contribution is 5.45. The van der Waals surface area contributed by atoms with E-state index in [1.807, 2.05) is 36.4 Å². The van der Waals surface area contributed by atoms with Crippen molar-refractivity contribution < 1.29 is 10.2 Å². The van der Waals surface area contributed by atoms with Crippen LogP contribution in [0.25, 0.3) is 0 Å². The number of hydrogen-bond acceptors (Lipinski definition) is 3. The van der Waals surface area contributed by atoms with Crippen molar-refractivity contribution in [3.8, 4) is 5.75 Å². The molecule has 0 saturated heterocycles. The Morgan fingerprint density at radius 1 is 0.833 bits per heavy atom. The average Bonchev–Trinajstić information content (AvgIpc) is 2.40. The number of phenolic OH excluding ortho intramolecular Hbond substituents is 1. The number of phenols is 1. The van der Waals surface area contributed by atoms with Crippen molar-refractivity contribution in [2.24, 2.45) is 0 Å². The van der Waals surface area contributed by atoms with Gasteiger partial charge in [0, 0.05) is 18.8 Å². The largest absolute Gasteiger partial charge is 0.508 e. The van der Waals surface area contributed by atoms with E-state index in [4.69, 9.17) is 5.11 Å². The number of nitrogens with one attached hydrogen (secondary N) is 1. The molecular formula is C15H17NO2. The standard InChI is InChI=1S/C15H17NO2/c17-10-9-12-1-5-14(6-2-12)16-11-13-3-7-15(18)8-4-13/h1-8,16-18H,9-11H2. The van der Waals surface area contributed by atoms with Crippen LogP contribution < -0.4 is 5.32 Å². The molecule has 2 rings (SSSR count). The van der Waals surface area contributed by atoms with Crippen LogP contribution >= 0.6 is 0 Å². The summed E-state index contributed by atoms with van der Waals surface area (Å²) in [6, 6.07) is 15.2. The zero-order valence-electron chi connectivity index (χ0n) is 10.1.